The molecule has 0 N–H and O–H groups in total. The molecular weight excluding hydrogens is 194 g/mol. The zero-order valence-corrected chi connectivity index (χ0v) is 10.1. The van der Waals surface area contributed by atoms with Gasteiger partial charge in [0.25, 0.3) is 0 Å². The summed E-state index contributed by atoms with van der Waals surface area (Å²) < 4.78 is 5.51. The van der Waals surface area contributed by atoms with E-state index in [1.54, 1.807) is 0 Å². The van der Waals surface area contributed by atoms with Crippen LogP contribution in [0.5, 0.6) is 0 Å². The van der Waals surface area contributed by atoms with Gasteiger partial charge in [-0.05, 0) is 31.8 Å². The molecule has 3 heteroatoms. The van der Waals surface area contributed by atoms with Gasteiger partial charge in [0.05, 0.1) is 19.3 Å². The Bertz CT molecular complexity index is 195. The number of piperidine rings is 1. The van der Waals surface area contributed by atoms with E-state index in [0.717, 1.165) is 13.2 Å². The summed E-state index contributed by atoms with van der Waals surface area (Å²) in [7, 11) is 0. The average molecular weight is 215 g/mol. The van der Waals surface area contributed by atoms with Crippen LogP contribution in [0, 0.1) is 5.92 Å². The number of likely N-dealkylation sites (tertiary alicyclic amines) is 1. The summed E-state index contributed by atoms with van der Waals surface area (Å²) in [4.78, 5) is 2.57. The van der Waals surface area contributed by atoms with Crippen LogP contribution in [0.25, 0.3) is 0 Å². The zero-order chi connectivity index (χ0) is 10.2. The van der Waals surface area contributed by atoms with Crippen molar-refractivity contribution in [3.63, 3.8) is 0 Å². The van der Waals surface area contributed by atoms with Crippen LogP contribution in [0.4, 0.5) is 0 Å². The standard InChI is InChI=1S/C11H21NOS/c1-9(2)11(14)3-5-12(6-4-11)10-7-13-8-10/h9-10,14H,3-8H2,1-2H3. The Morgan fingerprint density at radius 2 is 1.86 bits per heavy atom. The average Bonchev–Trinajstić information content (AvgIpc) is 2.06. The Kier molecular flexibility index (Phi) is 3.10. The van der Waals surface area contributed by atoms with Gasteiger partial charge in [-0.3, -0.25) is 4.90 Å². The molecule has 0 amide bonds. The van der Waals surface area contributed by atoms with Crippen LogP contribution in [0.2, 0.25) is 0 Å². The van der Waals surface area contributed by atoms with E-state index < -0.39 is 0 Å². The van der Waals surface area contributed by atoms with Crippen LogP contribution in [0.15, 0.2) is 0 Å². The summed E-state index contributed by atoms with van der Waals surface area (Å²) in [6, 6.07) is 0.708. The van der Waals surface area contributed by atoms with Gasteiger partial charge < -0.3 is 4.74 Å². The fraction of sp³-hybridized carbons (Fsp3) is 1.00. The second-order valence-electron chi connectivity index (χ2n) is 4.99. The van der Waals surface area contributed by atoms with Gasteiger partial charge in [-0.2, -0.15) is 12.6 Å². The minimum Gasteiger partial charge on any atom is -0.378 e. The maximum absolute atomic E-state index is 5.23. The zero-order valence-electron chi connectivity index (χ0n) is 9.20. The predicted octanol–water partition coefficient (Wildman–Crippen LogP) is 1.81. The van der Waals surface area contributed by atoms with E-state index in [0.29, 0.717) is 12.0 Å². The highest BCUT2D eigenvalue weighted by Gasteiger charge is 2.37. The first-order valence-corrected chi connectivity index (χ1v) is 6.11. The molecule has 0 aromatic rings. The molecule has 2 rings (SSSR count). The summed E-state index contributed by atoms with van der Waals surface area (Å²) in [5.74, 6) is 0.686. The lowest BCUT2D eigenvalue weighted by molar-refractivity contribution is -0.0733. The number of thiol groups is 1. The predicted molar refractivity (Wildman–Crippen MR) is 62.0 cm³/mol. The largest absolute Gasteiger partial charge is 0.378 e. The topological polar surface area (TPSA) is 12.5 Å². The summed E-state index contributed by atoms with van der Waals surface area (Å²) in [5, 5.41) is 0. The molecule has 0 radical (unpaired) electrons. The van der Waals surface area contributed by atoms with Gasteiger partial charge in [-0.1, -0.05) is 13.8 Å². The molecule has 0 aromatic heterocycles. The maximum atomic E-state index is 5.23. The Labute approximate surface area is 92.4 Å². The molecule has 0 aromatic carbocycles. The molecule has 0 aliphatic carbocycles. The van der Waals surface area contributed by atoms with Crippen molar-refractivity contribution in [2.24, 2.45) is 5.92 Å². The van der Waals surface area contributed by atoms with E-state index in [1.165, 1.54) is 25.9 Å². The first-order chi connectivity index (χ1) is 6.62. The van der Waals surface area contributed by atoms with Crippen molar-refractivity contribution in [2.45, 2.75) is 37.5 Å². The van der Waals surface area contributed by atoms with Crippen molar-refractivity contribution >= 4 is 12.6 Å². The SMILES string of the molecule is CC(C)C1(S)CCN(C2COC2)CC1. The minimum atomic E-state index is 0.279. The second kappa shape index (κ2) is 4.03. The fourth-order valence-electron chi connectivity index (χ4n) is 2.29. The van der Waals surface area contributed by atoms with Crippen LogP contribution >= 0.6 is 12.6 Å². The van der Waals surface area contributed by atoms with E-state index >= 15 is 0 Å². The van der Waals surface area contributed by atoms with Crippen molar-refractivity contribution in [1.82, 2.24) is 4.90 Å². The summed E-state index contributed by atoms with van der Waals surface area (Å²) >= 11 is 4.84. The molecule has 0 saturated carbocycles. The van der Waals surface area contributed by atoms with Crippen LogP contribution in [0.3, 0.4) is 0 Å². The van der Waals surface area contributed by atoms with Crippen molar-refractivity contribution in [3.8, 4) is 0 Å². The van der Waals surface area contributed by atoms with Gasteiger partial charge >= 0.3 is 0 Å². The van der Waals surface area contributed by atoms with Crippen molar-refractivity contribution < 1.29 is 4.74 Å². The van der Waals surface area contributed by atoms with Gasteiger partial charge in [0.1, 0.15) is 0 Å². The van der Waals surface area contributed by atoms with Gasteiger partial charge in [0.2, 0.25) is 0 Å². The lowest BCUT2D eigenvalue weighted by Gasteiger charge is -2.46. The molecule has 2 nitrogen and oxygen atoms in total. The third-order valence-corrected chi connectivity index (χ3v) is 4.84. The third kappa shape index (κ3) is 1.95. The molecule has 0 bridgehead atoms. The molecule has 0 atom stereocenters. The molecule has 2 fully saturated rings. The van der Waals surface area contributed by atoms with E-state index in [1.807, 2.05) is 0 Å². The molecule has 2 aliphatic rings. The Morgan fingerprint density at radius 3 is 2.21 bits per heavy atom. The normalized spacial score (nSPS) is 29.1. The van der Waals surface area contributed by atoms with Gasteiger partial charge in [-0.15, -0.1) is 0 Å². The van der Waals surface area contributed by atoms with Crippen molar-refractivity contribution in [2.75, 3.05) is 26.3 Å². The van der Waals surface area contributed by atoms with Crippen LogP contribution in [-0.4, -0.2) is 42.0 Å². The lowest BCUT2D eigenvalue weighted by atomic mass is 9.85. The number of ether oxygens (including phenoxy) is 1. The molecular formula is C11H21NOS. The number of hydrogen-bond acceptors (Lipinski definition) is 3. The Balaban J connectivity index is 1.84. The first kappa shape index (κ1) is 10.8. The molecule has 2 saturated heterocycles. The van der Waals surface area contributed by atoms with E-state index in [2.05, 4.69) is 18.7 Å². The van der Waals surface area contributed by atoms with Gasteiger partial charge in [0, 0.05) is 4.75 Å². The summed E-state index contributed by atoms with van der Waals surface area (Å²) in [5.41, 5.74) is 0. The summed E-state index contributed by atoms with van der Waals surface area (Å²) in [6.07, 6.45) is 2.45. The van der Waals surface area contributed by atoms with Crippen molar-refractivity contribution in [3.05, 3.63) is 0 Å². The number of hydrogen-bond donors (Lipinski definition) is 1. The van der Waals surface area contributed by atoms with Crippen molar-refractivity contribution in [1.29, 1.82) is 0 Å². The number of nitrogens with zero attached hydrogens (tertiary/aromatic N) is 1. The quantitative estimate of drug-likeness (QED) is 0.705. The van der Waals surface area contributed by atoms with E-state index in [9.17, 15) is 0 Å². The molecule has 0 spiro atoms. The smallest absolute Gasteiger partial charge is 0.0645 e. The summed E-state index contributed by atoms with van der Waals surface area (Å²) in [6.45, 7) is 8.87. The molecule has 82 valence electrons. The maximum Gasteiger partial charge on any atom is 0.0645 e. The Hall–Kier alpha value is 0.270. The highest BCUT2D eigenvalue weighted by atomic mass is 32.1. The van der Waals surface area contributed by atoms with Crippen LogP contribution in [0.1, 0.15) is 26.7 Å². The van der Waals surface area contributed by atoms with Gasteiger partial charge in [-0.25, -0.2) is 0 Å². The third-order valence-electron chi connectivity index (χ3n) is 3.88. The van der Waals surface area contributed by atoms with E-state index in [-0.39, 0.29) is 4.75 Å². The second-order valence-corrected chi connectivity index (χ2v) is 5.88. The fourth-order valence-corrected chi connectivity index (χ4v) is 2.49. The number of rotatable bonds is 2. The lowest BCUT2D eigenvalue weighted by Crippen LogP contribution is -2.54. The Morgan fingerprint density at radius 1 is 1.29 bits per heavy atom. The first-order valence-electron chi connectivity index (χ1n) is 5.66. The molecule has 14 heavy (non-hydrogen) atoms. The van der Waals surface area contributed by atoms with Gasteiger partial charge in [0.15, 0.2) is 0 Å². The molecule has 2 aliphatic heterocycles. The monoisotopic (exact) mass is 215 g/mol. The van der Waals surface area contributed by atoms with Crippen LogP contribution in [-0.2, 0) is 4.74 Å². The molecule has 2 heterocycles. The van der Waals surface area contributed by atoms with Crippen LogP contribution < -0.4 is 0 Å². The minimum absolute atomic E-state index is 0.279. The van der Waals surface area contributed by atoms with E-state index in [4.69, 9.17) is 17.4 Å². The molecule has 0 unspecified atom stereocenters. The highest BCUT2D eigenvalue weighted by Crippen LogP contribution is 2.36. The highest BCUT2D eigenvalue weighted by molar-refractivity contribution is 7.81.